The van der Waals surface area contributed by atoms with Crippen LogP contribution in [0, 0.1) is 13.8 Å². The Kier molecular flexibility index (Phi) is 3.50. The lowest BCUT2D eigenvalue weighted by atomic mass is 10.3. The van der Waals surface area contributed by atoms with Crippen molar-refractivity contribution in [2.45, 2.75) is 33.5 Å². The van der Waals surface area contributed by atoms with Crippen molar-refractivity contribution >= 4 is 0 Å². The second-order valence-electron chi connectivity index (χ2n) is 6.15. The Bertz CT molecular complexity index is 815. The topological polar surface area (TPSA) is 38.9 Å². The molecule has 23 heavy (non-hydrogen) atoms. The van der Waals surface area contributed by atoms with Crippen molar-refractivity contribution in [2.24, 2.45) is 0 Å². The number of hydrogen-bond donors (Lipinski definition) is 0. The van der Waals surface area contributed by atoms with E-state index in [-0.39, 0.29) is 0 Å². The molecule has 1 aliphatic heterocycles. The fourth-order valence-corrected chi connectivity index (χ4v) is 3.20. The lowest BCUT2D eigenvalue weighted by molar-refractivity contribution is 0.205. The van der Waals surface area contributed by atoms with Gasteiger partial charge in [-0.1, -0.05) is 18.2 Å². The standard InChI is InChI=1S/C18H21N5/c1-14-15(2)22-11-10-21(13-18(22)19-14)12-16-8-9-23(20-16)17-6-4-3-5-7-17/h3-9H,10-13H2,1-2H3. The third kappa shape index (κ3) is 2.68. The third-order valence-electron chi connectivity index (χ3n) is 4.59. The Balaban J connectivity index is 1.48. The largest absolute Gasteiger partial charge is 0.330 e. The van der Waals surface area contributed by atoms with Gasteiger partial charge in [0.1, 0.15) is 5.82 Å². The van der Waals surface area contributed by atoms with Gasteiger partial charge in [-0.25, -0.2) is 9.67 Å². The fourth-order valence-electron chi connectivity index (χ4n) is 3.20. The van der Waals surface area contributed by atoms with Crippen LogP contribution in [0.1, 0.15) is 22.9 Å². The summed E-state index contributed by atoms with van der Waals surface area (Å²) >= 11 is 0. The predicted molar refractivity (Wildman–Crippen MR) is 89.4 cm³/mol. The Labute approximate surface area is 136 Å². The van der Waals surface area contributed by atoms with E-state index < -0.39 is 0 Å². The zero-order chi connectivity index (χ0) is 15.8. The quantitative estimate of drug-likeness (QED) is 0.747. The molecule has 0 aliphatic carbocycles. The Morgan fingerprint density at radius 2 is 1.87 bits per heavy atom. The van der Waals surface area contributed by atoms with Crippen LogP contribution in [0.25, 0.3) is 5.69 Å². The molecule has 5 nitrogen and oxygen atoms in total. The van der Waals surface area contributed by atoms with Gasteiger partial charge in [-0.05, 0) is 32.0 Å². The van der Waals surface area contributed by atoms with E-state index in [2.05, 4.69) is 41.5 Å². The number of hydrogen-bond acceptors (Lipinski definition) is 3. The zero-order valence-corrected chi connectivity index (χ0v) is 13.6. The van der Waals surface area contributed by atoms with E-state index in [0.717, 1.165) is 43.3 Å². The van der Waals surface area contributed by atoms with Gasteiger partial charge in [-0.3, -0.25) is 4.90 Å². The highest BCUT2D eigenvalue weighted by Crippen LogP contribution is 2.18. The SMILES string of the molecule is Cc1nc2n(c1C)CCN(Cc1ccn(-c3ccccc3)n1)C2. The minimum absolute atomic E-state index is 0.866. The maximum Gasteiger partial charge on any atom is 0.123 e. The lowest BCUT2D eigenvalue weighted by Gasteiger charge is -2.27. The molecule has 0 radical (unpaired) electrons. The molecule has 0 bridgehead atoms. The van der Waals surface area contributed by atoms with E-state index in [1.54, 1.807) is 0 Å². The molecule has 0 saturated heterocycles. The van der Waals surface area contributed by atoms with Crippen molar-refractivity contribution in [1.29, 1.82) is 0 Å². The second-order valence-corrected chi connectivity index (χ2v) is 6.15. The van der Waals surface area contributed by atoms with Crippen LogP contribution >= 0.6 is 0 Å². The first-order valence-corrected chi connectivity index (χ1v) is 8.05. The molecule has 0 unspecified atom stereocenters. The number of nitrogens with zero attached hydrogens (tertiary/aromatic N) is 5. The summed E-state index contributed by atoms with van der Waals surface area (Å²) in [4.78, 5) is 7.11. The van der Waals surface area contributed by atoms with E-state index >= 15 is 0 Å². The molecule has 4 rings (SSSR count). The summed E-state index contributed by atoms with van der Waals surface area (Å²) in [5, 5.41) is 4.70. The van der Waals surface area contributed by atoms with E-state index in [9.17, 15) is 0 Å². The molecule has 0 atom stereocenters. The van der Waals surface area contributed by atoms with Crippen LogP contribution in [0.5, 0.6) is 0 Å². The molecule has 3 heterocycles. The highest BCUT2D eigenvalue weighted by molar-refractivity contribution is 5.30. The van der Waals surface area contributed by atoms with Gasteiger partial charge in [0.25, 0.3) is 0 Å². The van der Waals surface area contributed by atoms with E-state index in [1.807, 2.05) is 29.1 Å². The summed E-state index contributed by atoms with van der Waals surface area (Å²) in [5.74, 6) is 1.17. The number of aromatic nitrogens is 4. The molecule has 0 saturated carbocycles. The zero-order valence-electron chi connectivity index (χ0n) is 13.6. The maximum absolute atomic E-state index is 4.70. The summed E-state index contributed by atoms with van der Waals surface area (Å²) < 4.78 is 4.28. The van der Waals surface area contributed by atoms with Crippen LogP contribution in [0.2, 0.25) is 0 Å². The minimum atomic E-state index is 0.866. The number of aryl methyl sites for hydroxylation is 1. The van der Waals surface area contributed by atoms with Crippen LogP contribution in [-0.2, 0) is 19.6 Å². The monoisotopic (exact) mass is 307 g/mol. The van der Waals surface area contributed by atoms with Crippen LogP contribution < -0.4 is 0 Å². The van der Waals surface area contributed by atoms with Gasteiger partial charge in [0.15, 0.2) is 0 Å². The van der Waals surface area contributed by atoms with Gasteiger partial charge in [0.05, 0.1) is 23.6 Å². The number of fused-ring (bicyclic) bond motifs is 1. The van der Waals surface area contributed by atoms with E-state index in [4.69, 9.17) is 10.1 Å². The molecule has 1 aliphatic rings. The average molecular weight is 307 g/mol. The number of imidazole rings is 1. The summed E-state index contributed by atoms with van der Waals surface area (Å²) in [6, 6.07) is 12.3. The average Bonchev–Trinajstić information content (AvgIpc) is 3.14. The first-order valence-electron chi connectivity index (χ1n) is 8.05. The van der Waals surface area contributed by atoms with Crippen molar-refractivity contribution in [3.05, 3.63) is 65.5 Å². The Hall–Kier alpha value is -2.40. The van der Waals surface area contributed by atoms with Gasteiger partial charge in [-0.15, -0.1) is 0 Å². The number of rotatable bonds is 3. The molecule has 5 heteroatoms. The third-order valence-corrected chi connectivity index (χ3v) is 4.59. The first kappa shape index (κ1) is 14.2. The molecule has 118 valence electrons. The van der Waals surface area contributed by atoms with Gasteiger partial charge < -0.3 is 4.57 Å². The van der Waals surface area contributed by atoms with E-state index in [0.29, 0.717) is 0 Å². The summed E-state index contributed by atoms with van der Waals surface area (Å²) in [6.07, 6.45) is 2.03. The van der Waals surface area contributed by atoms with Crippen LogP contribution in [-0.4, -0.2) is 30.8 Å². The normalized spacial score (nSPS) is 14.9. The van der Waals surface area contributed by atoms with Crippen molar-refractivity contribution < 1.29 is 0 Å². The molecule has 2 aromatic heterocycles. The lowest BCUT2D eigenvalue weighted by Crippen LogP contribution is -2.33. The van der Waals surface area contributed by atoms with Crippen LogP contribution in [0.15, 0.2) is 42.6 Å². The molecule has 3 aromatic rings. The predicted octanol–water partition coefficient (Wildman–Crippen LogP) is 2.70. The molecule has 1 aromatic carbocycles. The summed E-state index contributed by atoms with van der Waals surface area (Å²) in [7, 11) is 0. The summed E-state index contributed by atoms with van der Waals surface area (Å²) in [6.45, 7) is 8.07. The first-order chi connectivity index (χ1) is 11.2. The molecule has 0 spiro atoms. The van der Waals surface area contributed by atoms with Crippen molar-refractivity contribution in [2.75, 3.05) is 6.54 Å². The van der Waals surface area contributed by atoms with Gasteiger partial charge >= 0.3 is 0 Å². The number of benzene rings is 1. The highest BCUT2D eigenvalue weighted by Gasteiger charge is 2.20. The maximum atomic E-state index is 4.70. The fraction of sp³-hybridized carbons (Fsp3) is 0.333. The molecular formula is C18H21N5. The van der Waals surface area contributed by atoms with E-state index in [1.165, 1.54) is 11.5 Å². The van der Waals surface area contributed by atoms with Gasteiger partial charge in [0, 0.05) is 31.5 Å². The van der Waals surface area contributed by atoms with Crippen LogP contribution in [0.4, 0.5) is 0 Å². The van der Waals surface area contributed by atoms with Crippen molar-refractivity contribution in [3.8, 4) is 5.69 Å². The molecule has 0 amide bonds. The summed E-state index contributed by atoms with van der Waals surface area (Å²) in [5.41, 5.74) is 4.64. The van der Waals surface area contributed by atoms with Gasteiger partial charge in [-0.2, -0.15) is 5.10 Å². The molecule has 0 fully saturated rings. The second kappa shape index (κ2) is 5.66. The van der Waals surface area contributed by atoms with Crippen molar-refractivity contribution in [3.63, 3.8) is 0 Å². The van der Waals surface area contributed by atoms with Crippen LogP contribution in [0.3, 0.4) is 0 Å². The van der Waals surface area contributed by atoms with Gasteiger partial charge in [0.2, 0.25) is 0 Å². The molecule has 0 N–H and O–H groups in total. The Morgan fingerprint density at radius 3 is 2.70 bits per heavy atom. The minimum Gasteiger partial charge on any atom is -0.330 e. The number of para-hydroxylation sites is 1. The smallest absolute Gasteiger partial charge is 0.123 e. The molecular weight excluding hydrogens is 286 g/mol. The highest BCUT2D eigenvalue weighted by atomic mass is 15.3. The Morgan fingerprint density at radius 1 is 1.04 bits per heavy atom. The van der Waals surface area contributed by atoms with Crippen molar-refractivity contribution in [1.82, 2.24) is 24.2 Å².